The van der Waals surface area contributed by atoms with Crippen LogP contribution < -0.4 is 0 Å². The van der Waals surface area contributed by atoms with E-state index in [4.69, 9.17) is 0 Å². The SMILES string of the molecule is C=C(C)C1=CC=C(c2ncccc2C)CN1C.Cc1cccc(C)c1. The molecular formula is C23H28N2. The molecule has 1 aliphatic heterocycles. The molecule has 1 aromatic heterocycles. The Bertz CT molecular complexity index is 795. The quantitative estimate of drug-likeness (QED) is 0.723. The Morgan fingerprint density at radius 3 is 2.20 bits per heavy atom. The van der Waals surface area contributed by atoms with E-state index in [0.29, 0.717) is 0 Å². The third kappa shape index (κ3) is 5.18. The van der Waals surface area contributed by atoms with E-state index in [0.717, 1.165) is 17.8 Å². The van der Waals surface area contributed by atoms with Crippen LogP contribution in [0.2, 0.25) is 0 Å². The van der Waals surface area contributed by atoms with E-state index in [1.807, 2.05) is 19.2 Å². The molecule has 0 bridgehead atoms. The van der Waals surface area contributed by atoms with E-state index in [9.17, 15) is 0 Å². The van der Waals surface area contributed by atoms with Crippen LogP contribution in [0.1, 0.15) is 29.3 Å². The topological polar surface area (TPSA) is 16.1 Å². The highest BCUT2D eigenvalue weighted by Gasteiger charge is 2.15. The molecule has 0 spiro atoms. The first-order valence-corrected chi connectivity index (χ1v) is 8.61. The predicted octanol–water partition coefficient (Wildman–Crippen LogP) is 5.48. The fourth-order valence-electron chi connectivity index (χ4n) is 2.95. The van der Waals surface area contributed by atoms with Crippen molar-refractivity contribution in [3.05, 3.63) is 95.0 Å². The van der Waals surface area contributed by atoms with Crippen LogP contribution in [-0.2, 0) is 0 Å². The van der Waals surface area contributed by atoms with Crippen molar-refractivity contribution in [1.82, 2.24) is 9.88 Å². The maximum absolute atomic E-state index is 4.46. The minimum Gasteiger partial charge on any atom is -0.370 e. The highest BCUT2D eigenvalue weighted by atomic mass is 15.1. The Kier molecular flexibility index (Phi) is 6.35. The maximum atomic E-state index is 4.46. The van der Waals surface area contributed by atoms with Gasteiger partial charge in [-0.25, -0.2) is 0 Å². The number of aromatic nitrogens is 1. The molecule has 0 N–H and O–H groups in total. The summed E-state index contributed by atoms with van der Waals surface area (Å²) in [6.45, 7) is 13.2. The number of benzene rings is 1. The van der Waals surface area contributed by atoms with E-state index in [-0.39, 0.29) is 0 Å². The Morgan fingerprint density at radius 1 is 1.04 bits per heavy atom. The maximum Gasteiger partial charge on any atom is 0.0708 e. The molecule has 25 heavy (non-hydrogen) atoms. The van der Waals surface area contributed by atoms with Crippen LogP contribution in [0.15, 0.2) is 72.6 Å². The van der Waals surface area contributed by atoms with Crippen LogP contribution in [0.4, 0.5) is 0 Å². The average molecular weight is 332 g/mol. The number of rotatable bonds is 2. The van der Waals surface area contributed by atoms with Gasteiger partial charge >= 0.3 is 0 Å². The van der Waals surface area contributed by atoms with Crippen molar-refractivity contribution < 1.29 is 0 Å². The van der Waals surface area contributed by atoms with Crippen molar-refractivity contribution in [2.45, 2.75) is 27.7 Å². The minimum absolute atomic E-state index is 0.885. The van der Waals surface area contributed by atoms with Crippen molar-refractivity contribution in [2.75, 3.05) is 13.6 Å². The largest absolute Gasteiger partial charge is 0.370 e. The highest BCUT2D eigenvalue weighted by Crippen LogP contribution is 2.25. The van der Waals surface area contributed by atoms with Crippen molar-refractivity contribution in [1.29, 1.82) is 0 Å². The Morgan fingerprint density at radius 2 is 1.72 bits per heavy atom. The molecule has 3 rings (SSSR count). The lowest BCUT2D eigenvalue weighted by molar-refractivity contribution is 0.474. The second-order valence-electron chi connectivity index (χ2n) is 6.71. The van der Waals surface area contributed by atoms with E-state index in [1.54, 1.807) is 0 Å². The lowest BCUT2D eigenvalue weighted by Gasteiger charge is -2.27. The number of hydrogen-bond acceptors (Lipinski definition) is 2. The zero-order chi connectivity index (χ0) is 18.4. The van der Waals surface area contributed by atoms with E-state index < -0.39 is 0 Å². The first-order chi connectivity index (χ1) is 11.9. The summed E-state index contributed by atoms with van der Waals surface area (Å²) in [5.41, 5.74) is 8.55. The second-order valence-corrected chi connectivity index (χ2v) is 6.71. The van der Waals surface area contributed by atoms with E-state index in [1.165, 1.54) is 28.0 Å². The molecule has 130 valence electrons. The molecule has 0 fully saturated rings. The Balaban J connectivity index is 0.000000236. The third-order valence-corrected chi connectivity index (χ3v) is 4.19. The molecule has 0 aliphatic carbocycles. The van der Waals surface area contributed by atoms with Gasteiger partial charge in [0.15, 0.2) is 0 Å². The second kappa shape index (κ2) is 8.48. The fraction of sp³-hybridized carbons (Fsp3) is 0.261. The summed E-state index contributed by atoms with van der Waals surface area (Å²) >= 11 is 0. The molecule has 0 atom stereocenters. The molecule has 0 saturated heterocycles. The summed E-state index contributed by atoms with van der Waals surface area (Å²) in [5, 5.41) is 0. The predicted molar refractivity (Wildman–Crippen MR) is 108 cm³/mol. The van der Waals surface area contributed by atoms with Crippen LogP contribution >= 0.6 is 0 Å². The van der Waals surface area contributed by atoms with Gasteiger partial charge in [-0.2, -0.15) is 0 Å². The first kappa shape index (κ1) is 18.7. The molecule has 2 heteroatoms. The molecule has 2 nitrogen and oxygen atoms in total. The number of nitrogens with zero attached hydrogens (tertiary/aromatic N) is 2. The van der Waals surface area contributed by atoms with Crippen molar-refractivity contribution in [3.8, 4) is 0 Å². The molecule has 2 heterocycles. The lowest BCUT2D eigenvalue weighted by Crippen LogP contribution is -2.23. The molecule has 1 aromatic carbocycles. The summed E-state index contributed by atoms with van der Waals surface area (Å²) in [4.78, 5) is 6.67. The molecule has 0 amide bonds. The Labute approximate surface area is 152 Å². The standard InChI is InChI=1S/C15H18N2.C8H10/c1-11(2)14-8-7-13(10-17(14)4)15-12(3)6-5-9-16-15;1-7-4-3-5-8(2)6-7/h5-9H,1,10H2,2-4H3;3-6H,1-2H3. The highest BCUT2D eigenvalue weighted by molar-refractivity contribution is 5.70. The summed E-state index contributed by atoms with van der Waals surface area (Å²) in [6.07, 6.45) is 6.12. The van der Waals surface area contributed by atoms with Gasteiger partial charge < -0.3 is 4.90 Å². The number of pyridine rings is 1. The molecule has 2 aromatic rings. The van der Waals surface area contributed by atoms with Gasteiger partial charge in [-0.05, 0) is 56.5 Å². The van der Waals surface area contributed by atoms with Crippen LogP contribution in [-0.4, -0.2) is 23.5 Å². The van der Waals surface area contributed by atoms with Gasteiger partial charge in [0.05, 0.1) is 5.69 Å². The first-order valence-electron chi connectivity index (χ1n) is 8.61. The van der Waals surface area contributed by atoms with Gasteiger partial charge in [-0.3, -0.25) is 4.98 Å². The average Bonchev–Trinajstić information content (AvgIpc) is 2.55. The van der Waals surface area contributed by atoms with Crippen molar-refractivity contribution in [2.24, 2.45) is 0 Å². The summed E-state index contributed by atoms with van der Waals surface area (Å²) in [6, 6.07) is 12.5. The smallest absolute Gasteiger partial charge is 0.0708 e. The van der Waals surface area contributed by atoms with E-state index >= 15 is 0 Å². The third-order valence-electron chi connectivity index (χ3n) is 4.19. The van der Waals surface area contributed by atoms with Crippen molar-refractivity contribution >= 4 is 5.57 Å². The molecule has 0 radical (unpaired) electrons. The van der Waals surface area contributed by atoms with Crippen LogP contribution in [0, 0.1) is 20.8 Å². The molecule has 0 saturated carbocycles. The van der Waals surface area contributed by atoms with Crippen LogP contribution in [0.25, 0.3) is 5.57 Å². The number of aryl methyl sites for hydroxylation is 3. The van der Waals surface area contributed by atoms with Gasteiger partial charge in [0.25, 0.3) is 0 Å². The van der Waals surface area contributed by atoms with Gasteiger partial charge in [0.1, 0.15) is 0 Å². The van der Waals surface area contributed by atoms with Gasteiger partial charge in [-0.1, -0.05) is 54.1 Å². The summed E-state index contributed by atoms with van der Waals surface area (Å²) in [7, 11) is 2.09. The van der Waals surface area contributed by atoms with Gasteiger partial charge in [0.2, 0.25) is 0 Å². The number of hydrogen-bond donors (Lipinski definition) is 0. The monoisotopic (exact) mass is 332 g/mol. The summed E-state index contributed by atoms with van der Waals surface area (Å²) < 4.78 is 0. The van der Waals surface area contributed by atoms with Gasteiger partial charge in [-0.15, -0.1) is 0 Å². The number of allylic oxidation sites excluding steroid dienone is 3. The van der Waals surface area contributed by atoms with E-state index in [2.05, 4.69) is 86.8 Å². The Hall–Kier alpha value is -2.61. The fourth-order valence-corrected chi connectivity index (χ4v) is 2.95. The number of likely N-dealkylation sites (N-methyl/N-ethyl adjacent to an activating group) is 1. The molecule has 0 unspecified atom stereocenters. The molecular weight excluding hydrogens is 304 g/mol. The minimum atomic E-state index is 0.885. The lowest BCUT2D eigenvalue weighted by atomic mass is 10.0. The zero-order valence-corrected chi connectivity index (χ0v) is 16.0. The summed E-state index contributed by atoms with van der Waals surface area (Å²) in [5.74, 6) is 0. The van der Waals surface area contributed by atoms with Crippen molar-refractivity contribution in [3.63, 3.8) is 0 Å². The normalized spacial score (nSPS) is 13.4. The molecule has 1 aliphatic rings. The van der Waals surface area contributed by atoms with Crippen LogP contribution in [0.3, 0.4) is 0 Å². The zero-order valence-electron chi connectivity index (χ0n) is 16.0. The van der Waals surface area contributed by atoms with Crippen LogP contribution in [0.5, 0.6) is 0 Å². The van der Waals surface area contributed by atoms with Gasteiger partial charge in [0, 0.05) is 25.5 Å².